The van der Waals surface area contributed by atoms with E-state index in [-0.39, 0.29) is 10.3 Å². The van der Waals surface area contributed by atoms with E-state index in [1.165, 1.54) is 12.1 Å². The first kappa shape index (κ1) is 15.9. The molecular formula is C13H18BrFN2O2S. The van der Waals surface area contributed by atoms with E-state index in [0.29, 0.717) is 11.0 Å². The van der Waals surface area contributed by atoms with Crippen molar-refractivity contribution in [1.29, 1.82) is 0 Å². The van der Waals surface area contributed by atoms with Crippen molar-refractivity contribution >= 4 is 26.0 Å². The van der Waals surface area contributed by atoms with Gasteiger partial charge >= 0.3 is 0 Å². The second kappa shape index (κ2) is 6.09. The normalized spacial score (nSPS) is 18.9. The summed E-state index contributed by atoms with van der Waals surface area (Å²) in [5.74, 6) is -0.740. The Morgan fingerprint density at radius 3 is 2.70 bits per heavy atom. The SMILES string of the molecule is CC1(CNS(=O)(=O)c2cc(Br)ccc2F)CCNCC1. The third-order valence-electron chi connectivity index (χ3n) is 3.68. The lowest BCUT2D eigenvalue weighted by molar-refractivity contribution is 0.232. The lowest BCUT2D eigenvalue weighted by atomic mass is 9.81. The zero-order valence-electron chi connectivity index (χ0n) is 11.2. The van der Waals surface area contributed by atoms with Crippen molar-refractivity contribution in [2.24, 2.45) is 5.41 Å². The van der Waals surface area contributed by atoms with E-state index in [2.05, 4.69) is 26.0 Å². The summed E-state index contributed by atoms with van der Waals surface area (Å²) >= 11 is 3.16. The standard InChI is InChI=1S/C13H18BrFN2O2S/c1-13(4-6-16-7-5-13)9-17-20(18,19)12-8-10(14)2-3-11(12)15/h2-3,8,16-17H,4-7,9H2,1H3. The average Bonchev–Trinajstić information content (AvgIpc) is 2.40. The van der Waals surface area contributed by atoms with Crippen molar-refractivity contribution in [1.82, 2.24) is 10.0 Å². The van der Waals surface area contributed by atoms with Gasteiger partial charge in [-0.2, -0.15) is 0 Å². The van der Waals surface area contributed by atoms with E-state index < -0.39 is 15.8 Å². The van der Waals surface area contributed by atoms with Gasteiger partial charge in [-0.1, -0.05) is 22.9 Å². The average molecular weight is 365 g/mol. The number of hydrogen-bond donors (Lipinski definition) is 2. The summed E-state index contributed by atoms with van der Waals surface area (Å²) in [5.41, 5.74) is -0.0825. The van der Waals surface area contributed by atoms with Gasteiger partial charge in [-0.3, -0.25) is 0 Å². The van der Waals surface area contributed by atoms with Crippen LogP contribution in [-0.2, 0) is 10.0 Å². The number of halogens is 2. The van der Waals surface area contributed by atoms with Crippen LogP contribution in [0.4, 0.5) is 4.39 Å². The van der Waals surface area contributed by atoms with Crippen molar-refractivity contribution in [2.45, 2.75) is 24.7 Å². The maximum absolute atomic E-state index is 13.7. The molecule has 1 heterocycles. The zero-order valence-corrected chi connectivity index (χ0v) is 13.7. The minimum atomic E-state index is -3.83. The minimum Gasteiger partial charge on any atom is -0.317 e. The molecule has 0 amide bonds. The first-order valence-corrected chi connectivity index (χ1v) is 8.76. The fourth-order valence-corrected chi connectivity index (χ4v) is 4.05. The van der Waals surface area contributed by atoms with Gasteiger partial charge in [0.25, 0.3) is 0 Å². The molecule has 112 valence electrons. The molecule has 1 fully saturated rings. The number of rotatable bonds is 4. The predicted molar refractivity (Wildman–Crippen MR) is 79.5 cm³/mol. The molecule has 1 saturated heterocycles. The Morgan fingerprint density at radius 2 is 2.05 bits per heavy atom. The second-order valence-electron chi connectivity index (χ2n) is 5.46. The summed E-state index contributed by atoms with van der Waals surface area (Å²) in [7, 11) is -3.83. The quantitative estimate of drug-likeness (QED) is 0.861. The van der Waals surface area contributed by atoms with Crippen LogP contribution in [0.1, 0.15) is 19.8 Å². The van der Waals surface area contributed by atoms with Gasteiger partial charge in [-0.05, 0) is 49.5 Å². The fourth-order valence-electron chi connectivity index (χ4n) is 2.24. The van der Waals surface area contributed by atoms with Crippen molar-refractivity contribution in [2.75, 3.05) is 19.6 Å². The van der Waals surface area contributed by atoms with Crippen LogP contribution in [0.15, 0.2) is 27.6 Å². The molecule has 20 heavy (non-hydrogen) atoms. The molecule has 1 aliphatic rings. The monoisotopic (exact) mass is 364 g/mol. The molecule has 0 saturated carbocycles. The van der Waals surface area contributed by atoms with Gasteiger partial charge in [0.05, 0.1) is 0 Å². The number of nitrogens with one attached hydrogen (secondary N) is 2. The minimum absolute atomic E-state index is 0.0825. The highest BCUT2D eigenvalue weighted by Crippen LogP contribution is 2.28. The predicted octanol–water partition coefficient (Wildman–Crippen LogP) is 2.26. The summed E-state index contributed by atoms with van der Waals surface area (Å²) in [6.07, 6.45) is 1.80. The summed E-state index contributed by atoms with van der Waals surface area (Å²) in [6, 6.07) is 3.90. The summed E-state index contributed by atoms with van der Waals surface area (Å²) < 4.78 is 41.2. The molecule has 4 nitrogen and oxygen atoms in total. The Kier molecular flexibility index (Phi) is 4.84. The van der Waals surface area contributed by atoms with Gasteiger partial charge in [0.15, 0.2) is 0 Å². The van der Waals surface area contributed by atoms with Crippen molar-refractivity contribution < 1.29 is 12.8 Å². The molecule has 0 radical (unpaired) electrons. The zero-order chi connectivity index (χ0) is 14.8. The molecule has 0 aromatic heterocycles. The molecule has 0 unspecified atom stereocenters. The van der Waals surface area contributed by atoms with E-state index in [9.17, 15) is 12.8 Å². The maximum Gasteiger partial charge on any atom is 0.243 e. The Balaban J connectivity index is 2.13. The highest BCUT2D eigenvalue weighted by atomic mass is 79.9. The van der Waals surface area contributed by atoms with Crippen LogP contribution in [0.3, 0.4) is 0 Å². The molecule has 0 bridgehead atoms. The first-order valence-electron chi connectivity index (χ1n) is 6.48. The molecule has 1 aromatic carbocycles. The van der Waals surface area contributed by atoms with E-state index in [0.717, 1.165) is 32.0 Å². The van der Waals surface area contributed by atoms with E-state index >= 15 is 0 Å². The van der Waals surface area contributed by atoms with Crippen LogP contribution in [0.25, 0.3) is 0 Å². The van der Waals surface area contributed by atoms with Gasteiger partial charge in [-0.15, -0.1) is 0 Å². The molecule has 2 rings (SSSR count). The summed E-state index contributed by atoms with van der Waals surface area (Å²) in [4.78, 5) is -0.315. The molecule has 2 N–H and O–H groups in total. The lowest BCUT2D eigenvalue weighted by Crippen LogP contribution is -2.43. The van der Waals surface area contributed by atoms with Crippen LogP contribution in [0.2, 0.25) is 0 Å². The fraction of sp³-hybridized carbons (Fsp3) is 0.538. The first-order chi connectivity index (χ1) is 9.32. The molecule has 0 atom stereocenters. The Bertz CT molecular complexity index is 586. The van der Waals surface area contributed by atoms with Crippen LogP contribution in [0.5, 0.6) is 0 Å². The van der Waals surface area contributed by atoms with Gasteiger partial charge in [0.1, 0.15) is 10.7 Å². The third kappa shape index (κ3) is 3.78. The molecular weight excluding hydrogens is 347 g/mol. The Labute approximate surface area is 127 Å². The van der Waals surface area contributed by atoms with Crippen molar-refractivity contribution in [3.8, 4) is 0 Å². The topological polar surface area (TPSA) is 58.2 Å². The van der Waals surface area contributed by atoms with E-state index in [1.807, 2.05) is 6.92 Å². The molecule has 1 aromatic rings. The number of benzene rings is 1. The van der Waals surface area contributed by atoms with Crippen LogP contribution in [0, 0.1) is 11.2 Å². The Hall–Kier alpha value is -0.500. The van der Waals surface area contributed by atoms with E-state index in [1.54, 1.807) is 0 Å². The van der Waals surface area contributed by atoms with Crippen LogP contribution >= 0.6 is 15.9 Å². The van der Waals surface area contributed by atoms with Crippen LogP contribution in [-0.4, -0.2) is 28.1 Å². The third-order valence-corrected chi connectivity index (χ3v) is 5.59. The largest absolute Gasteiger partial charge is 0.317 e. The van der Waals surface area contributed by atoms with E-state index in [4.69, 9.17) is 0 Å². The van der Waals surface area contributed by atoms with Gasteiger partial charge in [0.2, 0.25) is 10.0 Å². The Morgan fingerprint density at radius 1 is 1.40 bits per heavy atom. The number of piperidine rings is 1. The van der Waals surface area contributed by atoms with Gasteiger partial charge in [-0.25, -0.2) is 17.5 Å². The smallest absolute Gasteiger partial charge is 0.243 e. The maximum atomic E-state index is 13.7. The summed E-state index contributed by atoms with van der Waals surface area (Å²) in [6.45, 7) is 4.13. The molecule has 0 aliphatic carbocycles. The molecule has 0 spiro atoms. The molecule has 7 heteroatoms. The van der Waals surface area contributed by atoms with Gasteiger partial charge < -0.3 is 5.32 Å². The van der Waals surface area contributed by atoms with Gasteiger partial charge in [0, 0.05) is 11.0 Å². The van der Waals surface area contributed by atoms with Crippen LogP contribution < -0.4 is 10.0 Å². The summed E-state index contributed by atoms with van der Waals surface area (Å²) in [5, 5.41) is 3.24. The highest BCUT2D eigenvalue weighted by Gasteiger charge is 2.29. The highest BCUT2D eigenvalue weighted by molar-refractivity contribution is 9.10. The molecule has 1 aliphatic heterocycles. The number of sulfonamides is 1. The number of hydrogen-bond acceptors (Lipinski definition) is 3. The lowest BCUT2D eigenvalue weighted by Gasteiger charge is -2.34. The van der Waals surface area contributed by atoms with Crippen molar-refractivity contribution in [3.05, 3.63) is 28.5 Å². The van der Waals surface area contributed by atoms with Crippen molar-refractivity contribution in [3.63, 3.8) is 0 Å². The second-order valence-corrected chi connectivity index (χ2v) is 8.11.